The number of oxime groups is 1. The van der Waals surface area contributed by atoms with Gasteiger partial charge in [-0.2, -0.15) is 18.3 Å². The van der Waals surface area contributed by atoms with E-state index in [4.69, 9.17) is 16.3 Å². The van der Waals surface area contributed by atoms with Crippen molar-refractivity contribution in [2.75, 3.05) is 5.73 Å². The first-order valence-corrected chi connectivity index (χ1v) is 7.60. The van der Waals surface area contributed by atoms with Crippen molar-refractivity contribution in [3.63, 3.8) is 0 Å². The first kappa shape index (κ1) is 19.3. The average molecular weight is 369 g/mol. The van der Waals surface area contributed by atoms with Crippen LogP contribution in [0.5, 0.6) is 0 Å². The number of benzene rings is 1. The smallest absolute Gasteiger partial charge is 0.398 e. The molecular weight excluding hydrogens is 351 g/mol. The predicted octanol–water partition coefficient (Wildman–Crippen LogP) is 2.35. The van der Waals surface area contributed by atoms with Gasteiger partial charge in [0.05, 0.1) is 13.0 Å². The molecule has 1 heterocycles. The second-order valence-corrected chi connectivity index (χ2v) is 5.60. The van der Waals surface area contributed by atoms with Gasteiger partial charge < -0.3 is 16.3 Å². The van der Waals surface area contributed by atoms with E-state index in [2.05, 4.69) is 10.3 Å². The molecule has 26 heavy (non-hydrogen) atoms. The van der Waals surface area contributed by atoms with E-state index >= 15 is 0 Å². The Morgan fingerprint density at radius 1 is 1.35 bits per heavy atom. The number of aromatic nitrogens is 2. The van der Waals surface area contributed by atoms with E-state index in [9.17, 15) is 18.0 Å². The number of anilines is 1. The van der Waals surface area contributed by atoms with Crippen molar-refractivity contribution in [1.29, 1.82) is 0 Å². The van der Waals surface area contributed by atoms with Crippen molar-refractivity contribution in [3.05, 3.63) is 46.8 Å². The van der Waals surface area contributed by atoms with Crippen LogP contribution in [0.3, 0.4) is 0 Å². The summed E-state index contributed by atoms with van der Waals surface area (Å²) in [7, 11) is 0. The summed E-state index contributed by atoms with van der Waals surface area (Å²) < 4.78 is 38.9. The van der Waals surface area contributed by atoms with E-state index in [0.29, 0.717) is 16.8 Å². The number of amidine groups is 1. The number of rotatable bonds is 5. The van der Waals surface area contributed by atoms with E-state index in [-0.39, 0.29) is 24.5 Å². The highest BCUT2D eigenvalue weighted by Gasteiger charge is 2.34. The van der Waals surface area contributed by atoms with E-state index in [1.54, 1.807) is 25.1 Å². The van der Waals surface area contributed by atoms with Crippen molar-refractivity contribution >= 4 is 17.5 Å². The topological polar surface area (TPSA) is 109 Å². The summed E-state index contributed by atoms with van der Waals surface area (Å²) in [5.41, 5.74) is 12.5. The highest BCUT2D eigenvalue weighted by molar-refractivity contribution is 5.99. The second kappa shape index (κ2) is 7.46. The molecule has 10 heteroatoms. The number of hydrogen-bond acceptors (Lipinski definition) is 5. The molecule has 0 aliphatic rings. The van der Waals surface area contributed by atoms with Crippen LogP contribution in [-0.4, -0.2) is 21.6 Å². The van der Waals surface area contributed by atoms with Crippen LogP contribution in [0.2, 0.25) is 0 Å². The Kier molecular flexibility index (Phi) is 5.53. The van der Waals surface area contributed by atoms with E-state index < -0.39 is 17.8 Å². The average Bonchev–Trinajstić information content (AvgIpc) is 2.94. The number of halogens is 3. The van der Waals surface area contributed by atoms with Gasteiger partial charge in [0.2, 0.25) is 0 Å². The number of hydrogen-bond donors (Lipinski definition) is 2. The fraction of sp³-hybridized carbons (Fsp3) is 0.312. The standard InChI is InChI=1S/C16H18F3N5O2/c1-9-8-13(16(17,18)19)22-24(9)7-6-14(25)26-23-15(21)11-4-3-5-12(20)10(11)2/h3-5,8H,6-7,20H2,1-2H3,(H2,21,23). The Bertz CT molecular complexity index is 843. The van der Waals surface area contributed by atoms with E-state index in [1.165, 1.54) is 6.92 Å². The van der Waals surface area contributed by atoms with Gasteiger partial charge in [0.25, 0.3) is 0 Å². The van der Waals surface area contributed by atoms with E-state index in [1.807, 2.05) is 0 Å². The lowest BCUT2D eigenvalue weighted by molar-refractivity contribution is -0.144. The Labute approximate surface area is 147 Å². The van der Waals surface area contributed by atoms with Gasteiger partial charge >= 0.3 is 12.1 Å². The maximum Gasteiger partial charge on any atom is 0.435 e. The molecule has 1 aromatic carbocycles. The third-order valence-electron chi connectivity index (χ3n) is 3.70. The largest absolute Gasteiger partial charge is 0.435 e. The lowest BCUT2D eigenvalue weighted by atomic mass is 10.1. The number of alkyl halides is 3. The minimum atomic E-state index is -4.54. The molecule has 0 aliphatic carbocycles. The molecule has 0 fully saturated rings. The lowest BCUT2D eigenvalue weighted by Gasteiger charge is -2.07. The summed E-state index contributed by atoms with van der Waals surface area (Å²) in [6.07, 6.45) is -4.75. The molecule has 0 aliphatic heterocycles. The molecule has 0 spiro atoms. The molecule has 0 saturated carbocycles. The van der Waals surface area contributed by atoms with Crippen LogP contribution in [-0.2, 0) is 22.4 Å². The van der Waals surface area contributed by atoms with Crippen molar-refractivity contribution in [1.82, 2.24) is 9.78 Å². The van der Waals surface area contributed by atoms with E-state index in [0.717, 1.165) is 10.7 Å². The summed E-state index contributed by atoms with van der Waals surface area (Å²) in [4.78, 5) is 16.5. The van der Waals surface area contributed by atoms with Gasteiger partial charge in [-0.05, 0) is 31.5 Å². The van der Waals surface area contributed by atoms with Crippen LogP contribution in [0.1, 0.15) is 28.9 Å². The van der Waals surface area contributed by atoms with Crippen LogP contribution in [0, 0.1) is 13.8 Å². The molecule has 2 rings (SSSR count). The molecule has 0 atom stereocenters. The number of carbonyl (C=O) groups is 1. The zero-order chi connectivity index (χ0) is 19.5. The first-order chi connectivity index (χ1) is 12.1. The van der Waals surface area contributed by atoms with Crippen LogP contribution in [0.25, 0.3) is 0 Å². The lowest BCUT2D eigenvalue weighted by Crippen LogP contribution is -2.18. The summed E-state index contributed by atoms with van der Waals surface area (Å²) >= 11 is 0. The fourth-order valence-corrected chi connectivity index (χ4v) is 2.20. The number of nitrogens with two attached hydrogens (primary N) is 2. The highest BCUT2D eigenvalue weighted by atomic mass is 19.4. The van der Waals surface area contributed by atoms with Crippen LogP contribution in [0.4, 0.5) is 18.9 Å². The minimum absolute atomic E-state index is 0.0298. The number of aryl methyl sites for hydroxylation is 2. The zero-order valence-electron chi connectivity index (χ0n) is 14.2. The van der Waals surface area contributed by atoms with Crippen LogP contribution in [0.15, 0.2) is 29.4 Å². The Balaban J connectivity index is 1.97. The molecule has 1 aromatic heterocycles. The molecule has 0 radical (unpaired) electrons. The van der Waals surface area contributed by atoms with Gasteiger partial charge in [-0.3, -0.25) is 4.68 Å². The molecule has 0 bridgehead atoms. The maximum absolute atomic E-state index is 12.6. The van der Waals surface area contributed by atoms with Crippen molar-refractivity contribution in [3.8, 4) is 0 Å². The molecule has 2 aromatic rings. The quantitative estimate of drug-likeness (QED) is 0.276. The molecule has 7 nitrogen and oxygen atoms in total. The third kappa shape index (κ3) is 4.52. The maximum atomic E-state index is 12.6. The normalized spacial score (nSPS) is 12.3. The number of nitrogens with zero attached hydrogens (tertiary/aromatic N) is 3. The predicted molar refractivity (Wildman–Crippen MR) is 89.0 cm³/mol. The second-order valence-electron chi connectivity index (χ2n) is 5.60. The SMILES string of the molecule is Cc1c(N)cccc1/C(N)=N/OC(=O)CCn1nc(C(F)(F)F)cc1C. The monoisotopic (exact) mass is 369 g/mol. The summed E-state index contributed by atoms with van der Waals surface area (Å²) in [6.45, 7) is 3.13. The number of nitrogen functional groups attached to an aromatic ring is 1. The van der Waals surface area contributed by atoms with Gasteiger partial charge in [-0.25, -0.2) is 4.79 Å². The van der Waals surface area contributed by atoms with Crippen LogP contribution < -0.4 is 11.5 Å². The van der Waals surface area contributed by atoms with Gasteiger partial charge in [0.1, 0.15) is 0 Å². The Morgan fingerprint density at radius 3 is 2.65 bits per heavy atom. The zero-order valence-corrected chi connectivity index (χ0v) is 14.2. The molecule has 0 saturated heterocycles. The third-order valence-corrected chi connectivity index (χ3v) is 3.70. The summed E-state index contributed by atoms with van der Waals surface area (Å²) in [5.74, 6) is -0.782. The van der Waals surface area contributed by atoms with Crippen molar-refractivity contribution in [2.24, 2.45) is 10.9 Å². The molecule has 0 unspecified atom stereocenters. The Hall–Kier alpha value is -3.04. The van der Waals surface area contributed by atoms with Crippen molar-refractivity contribution in [2.45, 2.75) is 33.0 Å². The summed E-state index contributed by atoms with van der Waals surface area (Å²) in [5, 5.41) is 6.98. The van der Waals surface area contributed by atoms with Gasteiger partial charge in [0, 0.05) is 16.9 Å². The minimum Gasteiger partial charge on any atom is -0.398 e. The fourth-order valence-electron chi connectivity index (χ4n) is 2.20. The van der Waals surface area contributed by atoms with Crippen molar-refractivity contribution < 1.29 is 22.8 Å². The van der Waals surface area contributed by atoms with Gasteiger partial charge in [0.15, 0.2) is 11.5 Å². The number of carbonyl (C=O) groups excluding carboxylic acids is 1. The van der Waals surface area contributed by atoms with Gasteiger partial charge in [-0.1, -0.05) is 17.3 Å². The highest BCUT2D eigenvalue weighted by Crippen LogP contribution is 2.28. The molecule has 140 valence electrons. The molecule has 0 amide bonds. The summed E-state index contributed by atoms with van der Waals surface area (Å²) in [6, 6.07) is 5.95. The first-order valence-electron chi connectivity index (χ1n) is 7.60. The van der Waals surface area contributed by atoms with Gasteiger partial charge in [-0.15, -0.1) is 0 Å². The molecular formula is C16H18F3N5O2. The Morgan fingerprint density at radius 2 is 2.04 bits per heavy atom. The molecule has 4 N–H and O–H groups in total. The van der Waals surface area contributed by atoms with Crippen LogP contribution >= 0.6 is 0 Å².